The molecule has 6 heteroatoms. The van der Waals surface area contributed by atoms with Crippen molar-refractivity contribution in [3.05, 3.63) is 0 Å². The number of carbonyl (C=O) groups is 1. The fourth-order valence-electron chi connectivity index (χ4n) is 1.95. The zero-order chi connectivity index (χ0) is 12.2. The van der Waals surface area contributed by atoms with Gasteiger partial charge in [-0.15, -0.1) is 0 Å². The van der Waals surface area contributed by atoms with Crippen LogP contribution in [-0.4, -0.2) is 50.6 Å². The number of Topliss-reactive ketones (excluding diaryl/α,β-unsaturated/α-hetero) is 1. The molecule has 1 saturated heterocycles. The molecule has 1 aliphatic rings. The lowest BCUT2D eigenvalue weighted by Crippen LogP contribution is -2.48. The normalized spacial score (nSPS) is 23.2. The summed E-state index contributed by atoms with van der Waals surface area (Å²) in [5, 5.41) is 0. The number of ketones is 1. The average molecular weight is 249 g/mol. The van der Waals surface area contributed by atoms with Crippen molar-refractivity contribution in [3.63, 3.8) is 0 Å². The van der Waals surface area contributed by atoms with E-state index in [1.165, 1.54) is 18.3 Å². The molecular formula is C10H19NO4S. The monoisotopic (exact) mass is 249 g/mol. The Bertz CT molecular complexity index is 339. The van der Waals surface area contributed by atoms with Crippen LogP contribution in [0.25, 0.3) is 0 Å². The van der Waals surface area contributed by atoms with Crippen molar-refractivity contribution in [2.24, 2.45) is 0 Å². The zero-order valence-electron chi connectivity index (χ0n) is 9.81. The van der Waals surface area contributed by atoms with Crippen molar-refractivity contribution in [3.8, 4) is 0 Å². The van der Waals surface area contributed by atoms with Crippen LogP contribution in [0.2, 0.25) is 0 Å². The van der Waals surface area contributed by atoms with Crippen molar-refractivity contribution in [2.75, 3.05) is 26.0 Å². The molecule has 1 rings (SSSR count). The molecule has 1 fully saturated rings. The summed E-state index contributed by atoms with van der Waals surface area (Å²) in [4.78, 5) is 11.4. The predicted molar refractivity (Wildman–Crippen MR) is 60.7 cm³/mol. The molecule has 16 heavy (non-hydrogen) atoms. The van der Waals surface area contributed by atoms with Gasteiger partial charge in [-0.25, -0.2) is 8.42 Å². The van der Waals surface area contributed by atoms with Gasteiger partial charge in [0.15, 0.2) is 0 Å². The quantitative estimate of drug-likeness (QED) is 0.708. The van der Waals surface area contributed by atoms with Crippen molar-refractivity contribution < 1.29 is 17.9 Å². The van der Waals surface area contributed by atoms with Crippen molar-refractivity contribution in [1.82, 2.24) is 4.31 Å². The molecule has 94 valence electrons. The Morgan fingerprint density at radius 1 is 1.44 bits per heavy atom. The maximum atomic E-state index is 12.0. The van der Waals surface area contributed by atoms with E-state index in [0.29, 0.717) is 13.0 Å². The molecule has 0 bridgehead atoms. The SMILES string of the molecule is COCCS(=O)(=O)N1CCCCC1C(C)=O. The first-order valence-electron chi connectivity index (χ1n) is 5.48. The number of hydrogen-bond acceptors (Lipinski definition) is 4. The van der Waals surface area contributed by atoms with E-state index in [9.17, 15) is 13.2 Å². The second kappa shape index (κ2) is 5.75. The van der Waals surface area contributed by atoms with E-state index in [1.807, 2.05) is 0 Å². The van der Waals surface area contributed by atoms with Crippen LogP contribution in [0.4, 0.5) is 0 Å². The molecular weight excluding hydrogens is 230 g/mol. The van der Waals surface area contributed by atoms with Gasteiger partial charge in [-0.05, 0) is 19.8 Å². The molecule has 1 unspecified atom stereocenters. The fraction of sp³-hybridized carbons (Fsp3) is 0.900. The molecule has 5 nitrogen and oxygen atoms in total. The summed E-state index contributed by atoms with van der Waals surface area (Å²) in [5.74, 6) is -0.117. The summed E-state index contributed by atoms with van der Waals surface area (Å²) in [6, 6.07) is -0.462. The third-order valence-corrected chi connectivity index (χ3v) is 4.66. The minimum Gasteiger partial charge on any atom is -0.384 e. The number of hydrogen-bond donors (Lipinski definition) is 0. The molecule has 0 aromatic rings. The van der Waals surface area contributed by atoms with E-state index in [1.54, 1.807) is 0 Å². The van der Waals surface area contributed by atoms with Gasteiger partial charge in [-0.3, -0.25) is 4.79 Å². The minimum absolute atomic E-state index is 0.0483. The lowest BCUT2D eigenvalue weighted by molar-refractivity contribution is -0.121. The molecule has 0 aliphatic carbocycles. The Hall–Kier alpha value is -0.460. The summed E-state index contributed by atoms with van der Waals surface area (Å²) < 4.78 is 30.0. The standard InChI is InChI=1S/C10H19NO4S/c1-9(12)10-5-3-4-6-11(10)16(13,14)8-7-15-2/h10H,3-8H2,1-2H3. The minimum atomic E-state index is -3.35. The van der Waals surface area contributed by atoms with E-state index in [0.717, 1.165) is 12.8 Å². The Kier molecular flexibility index (Phi) is 4.89. The van der Waals surface area contributed by atoms with Gasteiger partial charge in [0.25, 0.3) is 0 Å². The van der Waals surface area contributed by atoms with Gasteiger partial charge < -0.3 is 4.74 Å². The fourth-order valence-corrected chi connectivity index (χ4v) is 3.61. The van der Waals surface area contributed by atoms with E-state index in [4.69, 9.17) is 4.74 Å². The molecule has 0 radical (unpaired) electrons. The summed E-state index contributed by atoms with van der Waals surface area (Å²) >= 11 is 0. The number of piperidine rings is 1. The van der Waals surface area contributed by atoms with Gasteiger partial charge in [-0.1, -0.05) is 6.42 Å². The molecule has 0 saturated carbocycles. The van der Waals surface area contributed by atoms with Crippen molar-refractivity contribution >= 4 is 15.8 Å². The number of ether oxygens (including phenoxy) is 1. The first kappa shape index (κ1) is 13.6. The third-order valence-electron chi connectivity index (χ3n) is 2.83. The highest BCUT2D eigenvalue weighted by atomic mass is 32.2. The van der Waals surface area contributed by atoms with Crippen LogP contribution < -0.4 is 0 Å². The number of carbonyl (C=O) groups excluding carboxylic acids is 1. The van der Waals surface area contributed by atoms with Crippen LogP contribution in [0.3, 0.4) is 0 Å². The lowest BCUT2D eigenvalue weighted by atomic mass is 10.0. The third kappa shape index (κ3) is 3.26. The summed E-state index contributed by atoms with van der Waals surface area (Å²) in [5.41, 5.74) is 0. The van der Waals surface area contributed by atoms with Gasteiger partial charge in [0.1, 0.15) is 5.78 Å². The number of rotatable bonds is 5. The number of nitrogens with zero attached hydrogens (tertiary/aromatic N) is 1. The summed E-state index contributed by atoms with van der Waals surface area (Å²) in [7, 11) is -1.89. The van der Waals surface area contributed by atoms with Gasteiger partial charge in [0.05, 0.1) is 18.4 Å². The molecule has 0 aromatic carbocycles. The summed E-state index contributed by atoms with van der Waals surface area (Å²) in [6.07, 6.45) is 2.39. The second-order valence-corrected chi connectivity index (χ2v) is 6.08. The predicted octanol–water partition coefficient (Wildman–Crippen LogP) is 0.406. The molecule has 1 heterocycles. The van der Waals surface area contributed by atoms with Gasteiger partial charge >= 0.3 is 0 Å². The van der Waals surface area contributed by atoms with Crippen LogP contribution in [0.15, 0.2) is 0 Å². The van der Waals surface area contributed by atoms with E-state index < -0.39 is 16.1 Å². The lowest BCUT2D eigenvalue weighted by Gasteiger charge is -2.32. The maximum Gasteiger partial charge on any atom is 0.217 e. The number of sulfonamides is 1. The Labute approximate surface area is 96.8 Å². The van der Waals surface area contributed by atoms with Crippen LogP contribution in [-0.2, 0) is 19.6 Å². The summed E-state index contributed by atoms with van der Waals surface area (Å²) in [6.45, 7) is 2.08. The Balaban J connectivity index is 2.78. The Morgan fingerprint density at radius 2 is 2.12 bits per heavy atom. The first-order valence-corrected chi connectivity index (χ1v) is 7.09. The Morgan fingerprint density at radius 3 is 2.69 bits per heavy atom. The highest BCUT2D eigenvalue weighted by Crippen LogP contribution is 2.21. The van der Waals surface area contributed by atoms with E-state index in [2.05, 4.69) is 0 Å². The van der Waals surface area contributed by atoms with E-state index in [-0.39, 0.29) is 18.1 Å². The van der Waals surface area contributed by atoms with Crippen molar-refractivity contribution in [1.29, 1.82) is 0 Å². The molecule has 0 amide bonds. The second-order valence-electron chi connectivity index (χ2n) is 4.04. The molecule has 0 N–H and O–H groups in total. The maximum absolute atomic E-state index is 12.0. The van der Waals surface area contributed by atoms with Crippen LogP contribution in [0.5, 0.6) is 0 Å². The smallest absolute Gasteiger partial charge is 0.217 e. The highest BCUT2D eigenvalue weighted by molar-refractivity contribution is 7.89. The van der Waals surface area contributed by atoms with Gasteiger partial charge in [-0.2, -0.15) is 4.31 Å². The highest BCUT2D eigenvalue weighted by Gasteiger charge is 2.34. The molecule has 1 atom stereocenters. The van der Waals surface area contributed by atoms with Crippen molar-refractivity contribution in [2.45, 2.75) is 32.2 Å². The number of methoxy groups -OCH3 is 1. The van der Waals surface area contributed by atoms with Gasteiger partial charge in [0, 0.05) is 13.7 Å². The first-order chi connectivity index (χ1) is 7.49. The van der Waals surface area contributed by atoms with Gasteiger partial charge in [0.2, 0.25) is 10.0 Å². The van der Waals surface area contributed by atoms with Crippen LogP contribution >= 0.6 is 0 Å². The van der Waals surface area contributed by atoms with Crippen LogP contribution in [0.1, 0.15) is 26.2 Å². The topological polar surface area (TPSA) is 63.7 Å². The molecule has 0 spiro atoms. The largest absolute Gasteiger partial charge is 0.384 e. The zero-order valence-corrected chi connectivity index (χ0v) is 10.6. The van der Waals surface area contributed by atoms with E-state index >= 15 is 0 Å². The molecule has 0 aromatic heterocycles. The van der Waals surface area contributed by atoms with Crippen LogP contribution in [0, 0.1) is 0 Å². The molecule has 1 aliphatic heterocycles. The average Bonchev–Trinajstić information content (AvgIpc) is 2.26.